The number of hydrogen-bond donors (Lipinski definition) is 3. The lowest BCUT2D eigenvalue weighted by molar-refractivity contribution is -0.130. The first kappa shape index (κ1) is 23.2. The Labute approximate surface area is 215 Å². The van der Waals surface area contributed by atoms with Crippen LogP contribution < -0.4 is 16.0 Å². The van der Waals surface area contributed by atoms with E-state index in [1.807, 2.05) is 12.1 Å². The van der Waals surface area contributed by atoms with Gasteiger partial charge in [0.05, 0.1) is 21.6 Å². The fourth-order valence-corrected chi connectivity index (χ4v) is 5.29. The fourth-order valence-electron chi connectivity index (χ4n) is 4.36. The number of aromatic nitrogens is 3. The van der Waals surface area contributed by atoms with Crippen molar-refractivity contribution >= 4 is 52.6 Å². The van der Waals surface area contributed by atoms with Crippen LogP contribution in [0, 0.1) is 0 Å². The number of carbonyl (C=O) groups excluding carboxylic acids is 4. The number of piperazine rings is 1. The number of nitrogens with one attached hydrogen (secondary N) is 3. The maximum absolute atomic E-state index is 13.1. The fraction of sp³-hybridized carbons (Fsp3) is 0.333. The molecular weight excluding hydrogens is 496 g/mol. The third-order valence-electron chi connectivity index (χ3n) is 6.53. The topological polar surface area (TPSA) is 141 Å². The molecule has 0 unspecified atom stereocenters. The minimum absolute atomic E-state index is 0.0217. The molecule has 0 spiro atoms. The van der Waals surface area contributed by atoms with Crippen molar-refractivity contribution in [3.8, 4) is 10.6 Å². The van der Waals surface area contributed by atoms with E-state index in [2.05, 4.69) is 21.0 Å². The predicted molar refractivity (Wildman–Crippen MR) is 136 cm³/mol. The Kier molecular flexibility index (Phi) is 5.63. The normalized spacial score (nSPS) is 18.9. The lowest BCUT2D eigenvalue weighted by Gasteiger charge is -2.33. The van der Waals surface area contributed by atoms with Crippen LogP contribution in [-0.2, 0) is 9.59 Å². The standard InChI is InChI=1S/C24H24N8O4S/c1-13(33)30-6-8-31(9-7-30)23(35)19-5-4-18(37-19)16-11-20(26-15-2-3-15)32-21(27-16)14(12-25-32)10-17-22(34)29-24(36)28-17/h4-5,10-12,15,26H,2-3,6-9H2,1H3,(H2,28,29,34,36)/b17-10-. The molecule has 6 rings (SSSR count). The van der Waals surface area contributed by atoms with Crippen LogP contribution in [0.2, 0.25) is 0 Å². The molecule has 1 aliphatic carbocycles. The largest absolute Gasteiger partial charge is 0.367 e. The van der Waals surface area contributed by atoms with E-state index in [4.69, 9.17) is 4.98 Å². The minimum Gasteiger partial charge on any atom is -0.367 e. The first-order chi connectivity index (χ1) is 17.9. The van der Waals surface area contributed by atoms with Gasteiger partial charge in [-0.1, -0.05) is 0 Å². The average molecular weight is 521 g/mol. The molecule has 2 saturated heterocycles. The number of hydrogen-bond acceptors (Lipinski definition) is 8. The van der Waals surface area contributed by atoms with Crippen LogP contribution in [-0.4, -0.2) is 80.4 Å². The van der Waals surface area contributed by atoms with Crippen LogP contribution in [0.4, 0.5) is 10.6 Å². The highest BCUT2D eigenvalue weighted by atomic mass is 32.1. The van der Waals surface area contributed by atoms with Gasteiger partial charge in [-0.15, -0.1) is 11.3 Å². The summed E-state index contributed by atoms with van der Waals surface area (Å²) in [6.07, 6.45) is 5.28. The molecule has 3 aliphatic rings. The minimum atomic E-state index is -0.573. The van der Waals surface area contributed by atoms with Crippen LogP contribution in [0.15, 0.2) is 30.1 Å². The van der Waals surface area contributed by atoms with Crippen molar-refractivity contribution in [1.29, 1.82) is 0 Å². The van der Waals surface area contributed by atoms with E-state index < -0.39 is 11.9 Å². The van der Waals surface area contributed by atoms with E-state index in [0.29, 0.717) is 54.0 Å². The van der Waals surface area contributed by atoms with Crippen molar-refractivity contribution in [2.45, 2.75) is 25.8 Å². The van der Waals surface area contributed by atoms with E-state index in [-0.39, 0.29) is 17.5 Å². The summed E-state index contributed by atoms with van der Waals surface area (Å²) in [5.41, 5.74) is 1.88. The van der Waals surface area contributed by atoms with Gasteiger partial charge in [-0.25, -0.2) is 9.78 Å². The summed E-state index contributed by atoms with van der Waals surface area (Å²) in [6.45, 7) is 3.62. The summed E-state index contributed by atoms with van der Waals surface area (Å²) in [5, 5.41) is 12.6. The van der Waals surface area contributed by atoms with Gasteiger partial charge < -0.3 is 20.4 Å². The first-order valence-corrected chi connectivity index (χ1v) is 12.8. The van der Waals surface area contributed by atoms with Crippen molar-refractivity contribution in [3.05, 3.63) is 40.5 Å². The molecule has 12 nitrogen and oxygen atoms in total. The number of amides is 5. The molecule has 3 N–H and O–H groups in total. The molecule has 0 aromatic carbocycles. The van der Waals surface area contributed by atoms with Gasteiger partial charge in [0, 0.05) is 50.8 Å². The lowest BCUT2D eigenvalue weighted by atomic mass is 10.2. The number of rotatable bonds is 5. The van der Waals surface area contributed by atoms with Crippen molar-refractivity contribution in [2.24, 2.45) is 0 Å². The molecule has 13 heteroatoms. The van der Waals surface area contributed by atoms with Crippen molar-refractivity contribution in [2.75, 3.05) is 31.5 Å². The molecule has 37 heavy (non-hydrogen) atoms. The molecule has 0 atom stereocenters. The molecule has 0 radical (unpaired) electrons. The van der Waals surface area contributed by atoms with Crippen molar-refractivity contribution in [1.82, 2.24) is 35.0 Å². The zero-order valence-corrected chi connectivity index (χ0v) is 20.8. The Morgan fingerprint density at radius 3 is 2.54 bits per heavy atom. The van der Waals surface area contributed by atoms with Crippen LogP contribution in [0.25, 0.3) is 22.3 Å². The summed E-state index contributed by atoms with van der Waals surface area (Å²) in [5.74, 6) is 0.208. The Hall–Kier alpha value is -4.26. The van der Waals surface area contributed by atoms with Gasteiger partial charge in [0.2, 0.25) is 5.91 Å². The molecule has 0 bridgehead atoms. The highest BCUT2D eigenvalue weighted by Gasteiger charge is 2.27. The Balaban J connectivity index is 1.31. The molecule has 3 fully saturated rings. The van der Waals surface area contributed by atoms with Crippen molar-refractivity contribution in [3.63, 3.8) is 0 Å². The summed E-state index contributed by atoms with van der Waals surface area (Å²) >= 11 is 1.36. The molecule has 5 amide bonds. The van der Waals surface area contributed by atoms with Crippen LogP contribution in [0.3, 0.4) is 0 Å². The zero-order valence-electron chi connectivity index (χ0n) is 20.0. The number of anilines is 1. The second-order valence-corrected chi connectivity index (χ2v) is 10.3. The zero-order chi connectivity index (χ0) is 25.7. The third kappa shape index (κ3) is 4.53. The Bertz CT molecular complexity index is 1480. The molecule has 3 aromatic rings. The quantitative estimate of drug-likeness (QED) is 0.342. The van der Waals surface area contributed by atoms with E-state index in [1.54, 1.807) is 39.6 Å². The van der Waals surface area contributed by atoms with Crippen molar-refractivity contribution < 1.29 is 19.2 Å². The lowest BCUT2D eigenvalue weighted by Crippen LogP contribution is -2.49. The maximum atomic E-state index is 13.1. The van der Waals surface area contributed by atoms with Gasteiger partial charge in [-0.3, -0.25) is 19.7 Å². The smallest absolute Gasteiger partial charge is 0.326 e. The van der Waals surface area contributed by atoms with Crippen LogP contribution in [0.5, 0.6) is 0 Å². The van der Waals surface area contributed by atoms with E-state index in [9.17, 15) is 19.2 Å². The summed E-state index contributed by atoms with van der Waals surface area (Å²) in [4.78, 5) is 58.0. The number of imide groups is 1. The van der Waals surface area contributed by atoms with Gasteiger partial charge in [-0.2, -0.15) is 9.61 Å². The highest BCUT2D eigenvalue weighted by Crippen LogP contribution is 2.33. The van der Waals surface area contributed by atoms with E-state index >= 15 is 0 Å². The predicted octanol–water partition coefficient (Wildman–Crippen LogP) is 1.52. The van der Waals surface area contributed by atoms with Crippen LogP contribution in [0.1, 0.15) is 35.0 Å². The summed E-state index contributed by atoms with van der Waals surface area (Å²) in [7, 11) is 0. The molecule has 1 saturated carbocycles. The van der Waals surface area contributed by atoms with E-state index in [0.717, 1.165) is 23.5 Å². The number of urea groups is 1. The average Bonchev–Trinajstić information content (AvgIpc) is 3.25. The molecule has 2 aliphatic heterocycles. The van der Waals surface area contributed by atoms with Gasteiger partial charge in [-0.05, 0) is 31.1 Å². The monoisotopic (exact) mass is 520 g/mol. The highest BCUT2D eigenvalue weighted by molar-refractivity contribution is 7.17. The number of fused-ring (bicyclic) bond motifs is 1. The third-order valence-corrected chi connectivity index (χ3v) is 7.63. The summed E-state index contributed by atoms with van der Waals surface area (Å²) in [6, 6.07) is 5.37. The number of nitrogens with zero attached hydrogens (tertiary/aromatic N) is 5. The first-order valence-electron chi connectivity index (χ1n) is 12.0. The summed E-state index contributed by atoms with van der Waals surface area (Å²) < 4.78 is 1.68. The molecular formula is C24H24N8O4S. The SMILES string of the molecule is CC(=O)N1CCN(C(=O)c2ccc(-c3cc(NC4CC4)n4ncc(/C=C5\NC(=O)NC5=O)c4n3)s2)CC1. The van der Waals surface area contributed by atoms with Gasteiger partial charge in [0.15, 0.2) is 5.65 Å². The van der Waals surface area contributed by atoms with Gasteiger partial charge in [0.25, 0.3) is 11.8 Å². The maximum Gasteiger partial charge on any atom is 0.326 e. The van der Waals surface area contributed by atoms with Gasteiger partial charge >= 0.3 is 6.03 Å². The number of thiophene rings is 1. The molecule has 3 aromatic heterocycles. The Morgan fingerprint density at radius 1 is 1.11 bits per heavy atom. The Morgan fingerprint density at radius 2 is 1.86 bits per heavy atom. The second kappa shape index (κ2) is 9.00. The molecule has 190 valence electrons. The van der Waals surface area contributed by atoms with E-state index in [1.165, 1.54) is 11.3 Å². The number of carbonyl (C=O) groups is 4. The molecule has 5 heterocycles. The van der Waals surface area contributed by atoms with Gasteiger partial charge in [0.1, 0.15) is 11.5 Å². The second-order valence-electron chi connectivity index (χ2n) is 9.21. The van der Waals surface area contributed by atoms with Crippen LogP contribution >= 0.6 is 11.3 Å².